The normalized spacial score (nSPS) is 12.3. The van der Waals surface area contributed by atoms with Gasteiger partial charge in [-0.2, -0.15) is 5.10 Å². The standard InChI is InChI=1S/C24H33N5O/c1-15(2)30-23-11-9-8-10-21(23)13-25-24-12-22(26-20(7)27-24)16(3)14-29-19(6)17(4)18(5)28-29/h8-12,15-16H,13-14H2,1-7H3,(H,25,26,27)/t16-/m1/s1. The van der Waals surface area contributed by atoms with Gasteiger partial charge in [0.1, 0.15) is 17.4 Å². The fourth-order valence-corrected chi connectivity index (χ4v) is 3.46. The van der Waals surface area contributed by atoms with Gasteiger partial charge in [-0.15, -0.1) is 0 Å². The van der Waals surface area contributed by atoms with E-state index in [1.807, 2.05) is 45.0 Å². The lowest BCUT2D eigenvalue weighted by Gasteiger charge is -2.16. The molecule has 0 amide bonds. The summed E-state index contributed by atoms with van der Waals surface area (Å²) in [6.45, 7) is 15.9. The van der Waals surface area contributed by atoms with Crippen LogP contribution < -0.4 is 10.1 Å². The third-order valence-electron chi connectivity index (χ3n) is 5.35. The fraction of sp³-hybridized carbons (Fsp3) is 0.458. The summed E-state index contributed by atoms with van der Waals surface area (Å²) in [5, 5.41) is 8.12. The van der Waals surface area contributed by atoms with Crippen molar-refractivity contribution >= 4 is 5.82 Å². The van der Waals surface area contributed by atoms with Gasteiger partial charge in [0.05, 0.1) is 17.5 Å². The predicted octanol–water partition coefficient (Wildman–Crippen LogP) is 5.11. The van der Waals surface area contributed by atoms with Gasteiger partial charge in [-0.3, -0.25) is 4.68 Å². The van der Waals surface area contributed by atoms with E-state index in [1.54, 1.807) is 0 Å². The zero-order valence-corrected chi connectivity index (χ0v) is 19.2. The molecule has 0 saturated heterocycles. The van der Waals surface area contributed by atoms with Crippen LogP contribution in [0.1, 0.15) is 60.7 Å². The van der Waals surface area contributed by atoms with E-state index in [1.165, 1.54) is 11.3 Å². The molecule has 0 aliphatic heterocycles. The first-order valence-corrected chi connectivity index (χ1v) is 10.6. The molecule has 30 heavy (non-hydrogen) atoms. The molecule has 160 valence electrons. The van der Waals surface area contributed by atoms with E-state index >= 15 is 0 Å². The summed E-state index contributed by atoms with van der Waals surface area (Å²) in [5.74, 6) is 2.71. The molecule has 2 aromatic heterocycles. The minimum absolute atomic E-state index is 0.137. The Morgan fingerprint density at radius 3 is 2.43 bits per heavy atom. The first-order valence-electron chi connectivity index (χ1n) is 10.6. The summed E-state index contributed by atoms with van der Waals surface area (Å²) in [4.78, 5) is 9.26. The maximum atomic E-state index is 5.93. The van der Waals surface area contributed by atoms with Gasteiger partial charge in [-0.25, -0.2) is 9.97 Å². The van der Waals surface area contributed by atoms with Gasteiger partial charge in [-0.05, 0) is 53.2 Å². The Bertz CT molecular complexity index is 1010. The molecule has 1 aromatic carbocycles. The molecule has 3 rings (SSSR count). The number of para-hydroxylation sites is 1. The lowest BCUT2D eigenvalue weighted by atomic mass is 10.1. The van der Waals surface area contributed by atoms with Crippen molar-refractivity contribution in [3.05, 3.63) is 64.4 Å². The number of aromatic nitrogens is 4. The molecule has 3 aromatic rings. The Kier molecular flexibility index (Phi) is 6.75. The van der Waals surface area contributed by atoms with Gasteiger partial charge >= 0.3 is 0 Å². The second kappa shape index (κ2) is 9.28. The van der Waals surface area contributed by atoms with E-state index in [0.717, 1.165) is 40.9 Å². The van der Waals surface area contributed by atoms with E-state index in [2.05, 4.69) is 58.8 Å². The molecule has 2 heterocycles. The lowest BCUT2D eigenvalue weighted by Crippen LogP contribution is -2.13. The van der Waals surface area contributed by atoms with E-state index in [-0.39, 0.29) is 12.0 Å². The number of aryl methyl sites for hydroxylation is 2. The highest BCUT2D eigenvalue weighted by molar-refractivity contribution is 5.41. The van der Waals surface area contributed by atoms with Crippen molar-refractivity contribution in [3.8, 4) is 5.75 Å². The molecule has 0 saturated carbocycles. The summed E-state index contributed by atoms with van der Waals surface area (Å²) in [5.41, 5.74) is 5.68. The van der Waals surface area contributed by atoms with Crippen molar-refractivity contribution in [3.63, 3.8) is 0 Å². The van der Waals surface area contributed by atoms with Crippen LogP contribution in [0.5, 0.6) is 5.75 Å². The monoisotopic (exact) mass is 407 g/mol. The Balaban J connectivity index is 1.75. The quantitative estimate of drug-likeness (QED) is 0.562. The number of benzene rings is 1. The molecule has 1 atom stereocenters. The Morgan fingerprint density at radius 2 is 1.77 bits per heavy atom. The summed E-state index contributed by atoms with van der Waals surface area (Å²) in [6, 6.07) is 10.2. The first kappa shape index (κ1) is 21.8. The van der Waals surface area contributed by atoms with Crippen LogP contribution in [0.15, 0.2) is 30.3 Å². The van der Waals surface area contributed by atoms with Gasteiger partial charge < -0.3 is 10.1 Å². The van der Waals surface area contributed by atoms with Crippen molar-refractivity contribution < 1.29 is 4.74 Å². The molecule has 0 bridgehead atoms. The van der Waals surface area contributed by atoms with Crippen molar-refractivity contribution in [2.24, 2.45) is 0 Å². The van der Waals surface area contributed by atoms with Gasteiger partial charge in [0.2, 0.25) is 0 Å². The summed E-state index contributed by atoms with van der Waals surface area (Å²) >= 11 is 0. The van der Waals surface area contributed by atoms with Gasteiger partial charge in [-0.1, -0.05) is 25.1 Å². The van der Waals surface area contributed by atoms with Gasteiger partial charge in [0, 0.05) is 36.3 Å². The second-order valence-electron chi connectivity index (χ2n) is 8.23. The molecule has 0 radical (unpaired) electrons. The summed E-state index contributed by atoms with van der Waals surface area (Å²) in [7, 11) is 0. The van der Waals surface area contributed by atoms with Crippen molar-refractivity contribution in [1.82, 2.24) is 19.7 Å². The van der Waals surface area contributed by atoms with Crippen molar-refractivity contribution in [1.29, 1.82) is 0 Å². The molecule has 6 heteroatoms. The predicted molar refractivity (Wildman–Crippen MR) is 121 cm³/mol. The fourth-order valence-electron chi connectivity index (χ4n) is 3.46. The van der Waals surface area contributed by atoms with E-state index in [4.69, 9.17) is 4.74 Å². The largest absolute Gasteiger partial charge is 0.491 e. The number of nitrogens with one attached hydrogen (secondary N) is 1. The average molecular weight is 408 g/mol. The highest BCUT2D eigenvalue weighted by Crippen LogP contribution is 2.23. The minimum Gasteiger partial charge on any atom is -0.491 e. The average Bonchev–Trinajstić information content (AvgIpc) is 2.93. The van der Waals surface area contributed by atoms with Crippen molar-refractivity contribution in [2.75, 3.05) is 5.32 Å². The number of hydrogen-bond acceptors (Lipinski definition) is 5. The van der Waals surface area contributed by atoms with Crippen LogP contribution in [0.25, 0.3) is 0 Å². The molecule has 0 fully saturated rings. The van der Waals surface area contributed by atoms with Crippen LogP contribution in [0.4, 0.5) is 5.82 Å². The lowest BCUT2D eigenvalue weighted by molar-refractivity contribution is 0.240. The number of rotatable bonds is 8. The molecule has 0 aliphatic carbocycles. The molecular formula is C24H33N5O. The maximum Gasteiger partial charge on any atom is 0.130 e. The SMILES string of the molecule is Cc1nc(NCc2ccccc2OC(C)C)cc([C@H](C)Cn2nc(C)c(C)c2C)n1. The van der Waals surface area contributed by atoms with E-state index in [9.17, 15) is 0 Å². The van der Waals surface area contributed by atoms with E-state index < -0.39 is 0 Å². The van der Waals surface area contributed by atoms with E-state index in [0.29, 0.717) is 6.54 Å². The zero-order chi connectivity index (χ0) is 21.8. The number of hydrogen-bond donors (Lipinski definition) is 1. The number of anilines is 1. The van der Waals surface area contributed by atoms with Crippen LogP contribution in [0, 0.1) is 27.7 Å². The zero-order valence-electron chi connectivity index (χ0n) is 19.2. The maximum absolute atomic E-state index is 5.93. The van der Waals surface area contributed by atoms with Crippen LogP contribution in [-0.2, 0) is 13.1 Å². The molecule has 0 spiro atoms. The molecule has 0 aliphatic rings. The highest BCUT2D eigenvalue weighted by Gasteiger charge is 2.15. The molecule has 6 nitrogen and oxygen atoms in total. The minimum atomic E-state index is 0.137. The Morgan fingerprint density at radius 1 is 1.03 bits per heavy atom. The van der Waals surface area contributed by atoms with Crippen LogP contribution >= 0.6 is 0 Å². The topological polar surface area (TPSA) is 64.9 Å². The smallest absolute Gasteiger partial charge is 0.130 e. The summed E-state index contributed by atoms with van der Waals surface area (Å²) < 4.78 is 8.01. The highest BCUT2D eigenvalue weighted by atomic mass is 16.5. The Labute approximate surface area is 179 Å². The Hall–Kier alpha value is -2.89. The molecule has 0 unspecified atom stereocenters. The molecule has 1 N–H and O–H groups in total. The number of nitrogens with zero attached hydrogens (tertiary/aromatic N) is 4. The van der Waals surface area contributed by atoms with Gasteiger partial charge in [0.25, 0.3) is 0 Å². The van der Waals surface area contributed by atoms with Crippen molar-refractivity contribution in [2.45, 2.75) is 73.6 Å². The van der Waals surface area contributed by atoms with Gasteiger partial charge in [0.15, 0.2) is 0 Å². The van der Waals surface area contributed by atoms with Crippen LogP contribution in [0.3, 0.4) is 0 Å². The van der Waals surface area contributed by atoms with Crippen LogP contribution in [-0.4, -0.2) is 25.9 Å². The third kappa shape index (κ3) is 5.17. The molecular weight excluding hydrogens is 374 g/mol. The number of ether oxygens (including phenoxy) is 1. The van der Waals surface area contributed by atoms with Crippen LogP contribution in [0.2, 0.25) is 0 Å². The summed E-state index contributed by atoms with van der Waals surface area (Å²) in [6.07, 6.45) is 0.137. The second-order valence-corrected chi connectivity index (χ2v) is 8.23. The first-order chi connectivity index (χ1) is 14.2. The third-order valence-corrected chi connectivity index (χ3v) is 5.35.